The number of anilines is 1. The van der Waals surface area contributed by atoms with Gasteiger partial charge >= 0.3 is 5.69 Å². The van der Waals surface area contributed by atoms with Crippen LogP contribution in [0.3, 0.4) is 0 Å². The highest BCUT2D eigenvalue weighted by Crippen LogP contribution is 2.01. The Kier molecular flexibility index (Phi) is 3.07. The highest BCUT2D eigenvalue weighted by molar-refractivity contribution is 5.30. The molecule has 16 heavy (non-hydrogen) atoms. The van der Waals surface area contributed by atoms with Crippen molar-refractivity contribution in [2.45, 2.75) is 0 Å². The molecule has 2 heterocycles. The minimum Gasteiger partial charge on any atom is -0.304 e. The number of H-pyrrole nitrogens is 2. The highest BCUT2D eigenvalue weighted by atomic mass is 16.2. The minimum atomic E-state index is -0.496. The second kappa shape index (κ2) is 4.50. The summed E-state index contributed by atoms with van der Waals surface area (Å²) in [4.78, 5) is 29.0. The number of aromatic amines is 2. The summed E-state index contributed by atoms with van der Waals surface area (Å²) in [5, 5.41) is 1.98. The third-order valence-corrected chi connectivity index (χ3v) is 2.54. The lowest BCUT2D eigenvalue weighted by Gasteiger charge is -2.32. The van der Waals surface area contributed by atoms with Gasteiger partial charge in [0.2, 0.25) is 0 Å². The van der Waals surface area contributed by atoms with E-state index in [2.05, 4.69) is 27.3 Å². The fourth-order valence-corrected chi connectivity index (χ4v) is 1.62. The van der Waals surface area contributed by atoms with Gasteiger partial charge in [0.15, 0.2) is 0 Å². The maximum atomic E-state index is 11.1. The molecule has 0 atom stereocenters. The summed E-state index contributed by atoms with van der Waals surface area (Å²) in [6.07, 6.45) is 0. The number of hydrogen-bond donors (Lipinski definition) is 3. The van der Waals surface area contributed by atoms with Crippen LogP contribution in [-0.4, -0.2) is 53.1 Å². The molecule has 1 fully saturated rings. The molecule has 3 N–H and O–H groups in total. The Bertz CT molecular complexity index is 429. The zero-order chi connectivity index (χ0) is 11.5. The first kappa shape index (κ1) is 10.9. The summed E-state index contributed by atoms with van der Waals surface area (Å²) in [5.41, 5.74) is 2.12. The number of rotatable bonds is 2. The number of aromatic nitrogens is 2. The Morgan fingerprint density at radius 1 is 1.19 bits per heavy atom. The molecule has 0 unspecified atom stereocenters. The van der Waals surface area contributed by atoms with Crippen molar-refractivity contribution in [2.75, 3.05) is 38.7 Å². The Balaban J connectivity index is 2.04. The van der Waals surface area contributed by atoms with E-state index in [4.69, 9.17) is 0 Å². The Morgan fingerprint density at radius 2 is 1.88 bits per heavy atom. The van der Waals surface area contributed by atoms with E-state index in [1.165, 1.54) is 6.07 Å². The molecule has 0 bridgehead atoms. The van der Waals surface area contributed by atoms with Crippen molar-refractivity contribution < 1.29 is 0 Å². The van der Waals surface area contributed by atoms with E-state index >= 15 is 0 Å². The molecule has 0 aromatic carbocycles. The van der Waals surface area contributed by atoms with Crippen molar-refractivity contribution >= 4 is 5.82 Å². The fraction of sp³-hybridized carbons (Fsp3) is 0.556. The molecule has 0 spiro atoms. The summed E-state index contributed by atoms with van der Waals surface area (Å²) >= 11 is 0. The van der Waals surface area contributed by atoms with Gasteiger partial charge in [-0.05, 0) is 7.05 Å². The second-order valence-electron chi connectivity index (χ2n) is 3.90. The summed E-state index contributed by atoms with van der Waals surface area (Å²) in [6.45, 7) is 3.62. The van der Waals surface area contributed by atoms with Gasteiger partial charge < -0.3 is 10.3 Å². The molecular formula is C9H15N5O2. The van der Waals surface area contributed by atoms with Gasteiger partial charge in [0.25, 0.3) is 5.56 Å². The van der Waals surface area contributed by atoms with Gasteiger partial charge in [-0.3, -0.25) is 14.8 Å². The van der Waals surface area contributed by atoms with E-state index in [-0.39, 0.29) is 0 Å². The topological polar surface area (TPSA) is 84.2 Å². The van der Waals surface area contributed by atoms with Crippen LogP contribution in [-0.2, 0) is 0 Å². The molecule has 0 amide bonds. The zero-order valence-corrected chi connectivity index (χ0v) is 9.12. The van der Waals surface area contributed by atoms with E-state index in [0.717, 1.165) is 26.2 Å². The molecule has 0 aliphatic carbocycles. The second-order valence-corrected chi connectivity index (χ2v) is 3.90. The third-order valence-electron chi connectivity index (χ3n) is 2.54. The van der Waals surface area contributed by atoms with Crippen molar-refractivity contribution in [2.24, 2.45) is 0 Å². The van der Waals surface area contributed by atoms with Crippen molar-refractivity contribution in [3.8, 4) is 0 Å². The van der Waals surface area contributed by atoms with Gasteiger partial charge in [-0.15, -0.1) is 0 Å². The summed E-state index contributed by atoms with van der Waals surface area (Å²) in [6, 6.07) is 1.33. The quantitative estimate of drug-likeness (QED) is 0.579. The molecule has 1 saturated heterocycles. The fourth-order valence-electron chi connectivity index (χ4n) is 1.62. The van der Waals surface area contributed by atoms with Crippen molar-refractivity contribution in [3.05, 3.63) is 26.9 Å². The average Bonchev–Trinajstić information content (AvgIpc) is 2.20. The molecular weight excluding hydrogens is 210 g/mol. The molecule has 1 aromatic rings. The number of piperazine rings is 1. The normalized spacial score (nSPS) is 18.6. The lowest BCUT2D eigenvalue weighted by molar-refractivity contribution is 0.178. The Hall–Kier alpha value is -1.60. The van der Waals surface area contributed by atoms with Crippen LogP contribution < -0.4 is 16.7 Å². The van der Waals surface area contributed by atoms with E-state index in [1.54, 1.807) is 0 Å². The van der Waals surface area contributed by atoms with Crippen LogP contribution in [0.25, 0.3) is 0 Å². The number of nitrogens with zero attached hydrogens (tertiary/aromatic N) is 2. The van der Waals surface area contributed by atoms with Crippen LogP contribution >= 0.6 is 0 Å². The van der Waals surface area contributed by atoms with Crippen LogP contribution in [0.2, 0.25) is 0 Å². The molecule has 2 rings (SSSR count). The SMILES string of the molecule is CN1CCN(Nc2cc(=O)[nH]c(=O)[nH]2)CC1. The van der Waals surface area contributed by atoms with Gasteiger partial charge in [0.1, 0.15) is 5.82 Å². The first-order chi connectivity index (χ1) is 7.63. The Labute approximate surface area is 92.1 Å². The van der Waals surface area contributed by atoms with Gasteiger partial charge in [-0.25, -0.2) is 9.80 Å². The molecule has 7 nitrogen and oxygen atoms in total. The molecule has 1 aromatic heterocycles. The smallest absolute Gasteiger partial charge is 0.304 e. The van der Waals surface area contributed by atoms with E-state index in [0.29, 0.717) is 5.82 Å². The van der Waals surface area contributed by atoms with Crippen molar-refractivity contribution in [3.63, 3.8) is 0 Å². The van der Waals surface area contributed by atoms with Crippen LogP contribution in [0.5, 0.6) is 0 Å². The molecule has 88 valence electrons. The predicted molar refractivity (Wildman–Crippen MR) is 60.4 cm³/mol. The highest BCUT2D eigenvalue weighted by Gasteiger charge is 2.13. The van der Waals surface area contributed by atoms with Gasteiger partial charge in [0, 0.05) is 32.2 Å². The van der Waals surface area contributed by atoms with Crippen LogP contribution in [0.1, 0.15) is 0 Å². The van der Waals surface area contributed by atoms with Crippen molar-refractivity contribution in [1.82, 2.24) is 19.9 Å². The standard InChI is InChI=1S/C9H15N5O2/c1-13-2-4-14(5-3-13)12-7-6-8(15)11-9(16)10-7/h6H,2-5H2,1H3,(H3,10,11,12,15,16). The van der Waals surface area contributed by atoms with Crippen molar-refractivity contribution in [1.29, 1.82) is 0 Å². The maximum Gasteiger partial charge on any atom is 0.327 e. The van der Waals surface area contributed by atoms with E-state index in [9.17, 15) is 9.59 Å². The number of hydrazine groups is 1. The lowest BCUT2D eigenvalue weighted by Crippen LogP contribution is -2.47. The maximum absolute atomic E-state index is 11.1. The molecule has 1 aliphatic heterocycles. The Morgan fingerprint density at radius 3 is 2.50 bits per heavy atom. The first-order valence-electron chi connectivity index (χ1n) is 5.17. The lowest BCUT2D eigenvalue weighted by atomic mass is 10.4. The summed E-state index contributed by atoms with van der Waals surface area (Å²) in [5.74, 6) is 0.429. The zero-order valence-electron chi connectivity index (χ0n) is 9.12. The molecule has 7 heteroatoms. The van der Waals surface area contributed by atoms with E-state index < -0.39 is 11.2 Å². The summed E-state index contributed by atoms with van der Waals surface area (Å²) < 4.78 is 0. The number of likely N-dealkylation sites (N-methyl/N-ethyl adjacent to an activating group) is 1. The molecule has 0 radical (unpaired) electrons. The summed E-state index contributed by atoms with van der Waals surface area (Å²) in [7, 11) is 2.06. The molecule has 0 saturated carbocycles. The van der Waals surface area contributed by atoms with Gasteiger partial charge in [-0.1, -0.05) is 0 Å². The number of hydrogen-bond acceptors (Lipinski definition) is 5. The van der Waals surface area contributed by atoms with Crippen LogP contribution in [0.4, 0.5) is 5.82 Å². The monoisotopic (exact) mass is 225 g/mol. The minimum absolute atomic E-state index is 0.402. The predicted octanol–water partition coefficient (Wildman–Crippen LogP) is -1.36. The average molecular weight is 225 g/mol. The molecule has 1 aliphatic rings. The first-order valence-corrected chi connectivity index (χ1v) is 5.17. The largest absolute Gasteiger partial charge is 0.327 e. The van der Waals surface area contributed by atoms with Gasteiger partial charge in [0.05, 0.1) is 0 Å². The van der Waals surface area contributed by atoms with E-state index in [1.807, 2.05) is 5.01 Å². The van der Waals surface area contributed by atoms with Gasteiger partial charge in [-0.2, -0.15) is 0 Å². The number of nitrogens with one attached hydrogen (secondary N) is 3. The third kappa shape index (κ3) is 2.71. The van der Waals surface area contributed by atoms with Crippen LogP contribution in [0, 0.1) is 0 Å². The van der Waals surface area contributed by atoms with Crippen LogP contribution in [0.15, 0.2) is 15.7 Å².